The Labute approximate surface area is 35.4 Å². The van der Waals surface area contributed by atoms with Gasteiger partial charge in [0, 0.05) is 0 Å². The molecule has 1 nitrogen and oxygen atoms in total. The molecule has 0 aromatic rings. The summed E-state index contributed by atoms with van der Waals surface area (Å²) in [6, 6.07) is 0. The molecule has 0 spiro atoms. The smallest absolute Gasteiger partial charge is 0.208 e. The summed E-state index contributed by atoms with van der Waals surface area (Å²) < 4.78 is 0. The molecular formula is CH2Cl2O. The van der Waals surface area contributed by atoms with Crippen molar-refractivity contribution < 1.29 is 4.79 Å². The van der Waals surface area contributed by atoms with E-state index in [4.69, 9.17) is 4.79 Å². The van der Waals surface area contributed by atoms with Crippen molar-refractivity contribution in [1.82, 2.24) is 0 Å². The number of rotatable bonds is 0. The molecule has 4 heavy (non-hydrogen) atoms. The molecule has 0 heterocycles. The third-order valence-electron chi connectivity index (χ3n) is 0. The molecule has 26 valence electrons. The first kappa shape index (κ1) is 8.87. The molecule has 3 heteroatoms. The molecule has 0 rings (SSSR count). The Bertz CT molecular complexity index is 13.5. The number of halogens is 2. The predicted octanol–water partition coefficient (Wildman–Crippen LogP) is 0.837. The average molecular weight is 101 g/mol. The molecule has 0 saturated heterocycles. The van der Waals surface area contributed by atoms with Crippen molar-refractivity contribution in [2.75, 3.05) is 0 Å². The molecule has 0 atom stereocenters. The van der Waals surface area contributed by atoms with Gasteiger partial charge in [-0.3, -0.25) is 4.79 Å². The minimum atomic E-state index is 0. The maximum Gasteiger partial charge on any atom is 0.208 e. The average Bonchev–Trinajstić information content (AvgIpc) is 0.918. The lowest BCUT2D eigenvalue weighted by atomic mass is 11.8. The zero-order valence-corrected chi connectivity index (χ0v) is 3.34. The maximum absolute atomic E-state index is 8.57. The summed E-state index contributed by atoms with van der Waals surface area (Å²) in [5, 5.41) is 0. The topological polar surface area (TPSA) is 17.1 Å². The fourth-order valence-electron chi connectivity index (χ4n) is 0. The number of carbonyl (C=O) groups excluding carboxylic acids is 1. The lowest BCUT2D eigenvalue weighted by molar-refractivity contribution is 0.569. The van der Waals surface area contributed by atoms with Crippen molar-refractivity contribution in [2.45, 2.75) is 0 Å². The highest BCUT2D eigenvalue weighted by Gasteiger charge is 1.28. The van der Waals surface area contributed by atoms with E-state index in [0.717, 1.165) is 0 Å². The van der Waals surface area contributed by atoms with Crippen LogP contribution in [-0.4, -0.2) is 5.75 Å². The van der Waals surface area contributed by atoms with E-state index in [1.54, 1.807) is 0 Å². The van der Waals surface area contributed by atoms with E-state index in [-0.39, 0.29) is 18.2 Å². The molecule has 0 radical (unpaired) electrons. The third kappa shape index (κ3) is 56.3. The lowest BCUT2D eigenvalue weighted by Gasteiger charge is -1.20. The summed E-state index contributed by atoms with van der Waals surface area (Å²) in [7, 11) is 0. The first-order valence-electron chi connectivity index (χ1n) is 0.454. The minimum Gasteiger partial charge on any atom is -0.285 e. The summed E-state index contributed by atoms with van der Waals surface area (Å²) >= 11 is 4.32. The second kappa shape index (κ2) is 10.5. The van der Waals surface area contributed by atoms with Crippen molar-refractivity contribution in [3.05, 3.63) is 0 Å². The van der Waals surface area contributed by atoms with Gasteiger partial charge in [-0.25, -0.2) is 0 Å². The van der Waals surface area contributed by atoms with Gasteiger partial charge in [-0.15, -0.1) is 12.4 Å². The van der Waals surface area contributed by atoms with Crippen molar-refractivity contribution >= 4 is 29.8 Å². The Balaban J connectivity index is 0. The van der Waals surface area contributed by atoms with Crippen molar-refractivity contribution in [3.8, 4) is 0 Å². The molecule has 0 N–H and O–H groups in total. The van der Waals surface area contributed by atoms with Gasteiger partial charge in [0.1, 0.15) is 0 Å². The SMILES string of the molecule is Cl.O=CCl. The van der Waals surface area contributed by atoms with Crippen molar-refractivity contribution in [2.24, 2.45) is 0 Å². The molecule has 0 fully saturated rings. The monoisotopic (exact) mass is 99.9 g/mol. The van der Waals surface area contributed by atoms with Gasteiger partial charge < -0.3 is 0 Å². The minimum absolute atomic E-state index is 0. The molecule has 0 aliphatic heterocycles. The first-order chi connectivity index (χ1) is 1.41. The lowest BCUT2D eigenvalue weighted by Crippen LogP contribution is -1.24. The molecule has 0 saturated carbocycles. The van der Waals surface area contributed by atoms with Crippen LogP contribution in [0.4, 0.5) is 0 Å². The normalized spacial score (nSPS) is 3.25. The zero-order chi connectivity index (χ0) is 2.71. The Morgan fingerprint density at radius 1 is 1.75 bits per heavy atom. The maximum atomic E-state index is 8.57. The molecule has 0 aliphatic carbocycles. The van der Waals surface area contributed by atoms with Crippen LogP contribution in [0, 0.1) is 0 Å². The Hall–Kier alpha value is 0.250. The van der Waals surface area contributed by atoms with Crippen LogP contribution < -0.4 is 0 Å². The van der Waals surface area contributed by atoms with E-state index in [1.807, 2.05) is 0 Å². The van der Waals surface area contributed by atoms with Crippen LogP contribution in [0.3, 0.4) is 0 Å². The van der Waals surface area contributed by atoms with Gasteiger partial charge in [-0.1, -0.05) is 0 Å². The fourth-order valence-corrected chi connectivity index (χ4v) is 0. The van der Waals surface area contributed by atoms with E-state index in [0.29, 0.717) is 0 Å². The van der Waals surface area contributed by atoms with Crippen LogP contribution in [-0.2, 0) is 4.79 Å². The quantitative estimate of drug-likeness (QED) is 0.326. The highest BCUT2D eigenvalue weighted by atomic mass is 35.5. The van der Waals surface area contributed by atoms with E-state index < -0.39 is 0 Å². The van der Waals surface area contributed by atoms with Crippen LogP contribution >= 0.6 is 24.0 Å². The van der Waals surface area contributed by atoms with Crippen LogP contribution in [0.15, 0.2) is 0 Å². The molecular weight excluding hydrogens is 98.9 g/mol. The van der Waals surface area contributed by atoms with Crippen molar-refractivity contribution in [1.29, 1.82) is 0 Å². The second-order valence-electron chi connectivity index (χ2n) is 0.0891. The van der Waals surface area contributed by atoms with Gasteiger partial charge in [-0.2, -0.15) is 0 Å². The summed E-state index contributed by atoms with van der Waals surface area (Å²) in [6.07, 6.45) is 0. The van der Waals surface area contributed by atoms with Gasteiger partial charge in [0.05, 0.1) is 0 Å². The van der Waals surface area contributed by atoms with Crippen LogP contribution in [0.2, 0.25) is 0 Å². The molecule has 0 amide bonds. The van der Waals surface area contributed by atoms with E-state index in [1.165, 1.54) is 0 Å². The highest BCUT2D eigenvalue weighted by Crippen LogP contribution is 1.42. The van der Waals surface area contributed by atoms with Crippen LogP contribution in [0.1, 0.15) is 0 Å². The summed E-state index contributed by atoms with van der Waals surface area (Å²) in [5.41, 5.74) is 0. The standard InChI is InChI=1S/CHClO.ClH/c2-1-3;/h1H;1H. The number of hydrogen-bond acceptors (Lipinski definition) is 1. The Morgan fingerprint density at radius 3 is 1.75 bits per heavy atom. The van der Waals surface area contributed by atoms with Gasteiger partial charge in [-0.05, 0) is 11.6 Å². The summed E-state index contributed by atoms with van der Waals surface area (Å²) in [4.78, 5) is 8.57. The number of hydrogen-bond donors (Lipinski definition) is 0. The van der Waals surface area contributed by atoms with E-state index in [2.05, 4.69) is 11.6 Å². The van der Waals surface area contributed by atoms with Crippen LogP contribution in [0.25, 0.3) is 0 Å². The third-order valence-corrected chi connectivity index (χ3v) is 0. The van der Waals surface area contributed by atoms with Crippen LogP contribution in [0.5, 0.6) is 0 Å². The summed E-state index contributed by atoms with van der Waals surface area (Å²) in [5.74, 6) is 0.222. The Morgan fingerprint density at radius 2 is 1.75 bits per heavy atom. The molecule has 0 bridgehead atoms. The molecule has 0 aromatic heterocycles. The molecule has 0 aliphatic rings. The van der Waals surface area contributed by atoms with Crippen molar-refractivity contribution in [3.63, 3.8) is 0 Å². The van der Waals surface area contributed by atoms with Gasteiger partial charge >= 0.3 is 0 Å². The fraction of sp³-hybridized carbons (Fsp3) is 0. The van der Waals surface area contributed by atoms with E-state index in [9.17, 15) is 0 Å². The van der Waals surface area contributed by atoms with Gasteiger partial charge in [0.15, 0.2) is 0 Å². The predicted molar refractivity (Wildman–Crippen MR) is 19.9 cm³/mol. The second-order valence-corrected chi connectivity index (χ2v) is 0.267. The molecule has 0 unspecified atom stereocenters. The highest BCUT2D eigenvalue weighted by molar-refractivity contribution is 6.54. The van der Waals surface area contributed by atoms with Gasteiger partial charge in [0.2, 0.25) is 5.75 Å². The van der Waals surface area contributed by atoms with Gasteiger partial charge in [0.25, 0.3) is 0 Å². The summed E-state index contributed by atoms with van der Waals surface area (Å²) in [6.45, 7) is 0. The molecule has 0 aromatic carbocycles. The largest absolute Gasteiger partial charge is 0.285 e. The number of carbonyl (C=O) groups is 1. The zero-order valence-electron chi connectivity index (χ0n) is 1.77. The first-order valence-corrected chi connectivity index (χ1v) is 0.890. The Kier molecular flexibility index (Phi) is 23.3. The van der Waals surface area contributed by atoms with E-state index >= 15 is 0 Å².